The number of carbonyl (C=O) groups is 5. The Hall–Kier alpha value is -6.80. The summed E-state index contributed by atoms with van der Waals surface area (Å²) in [6, 6.07) is 29.7. The number of allylic oxidation sites excluding steroid dienone is 1. The van der Waals surface area contributed by atoms with E-state index in [1.807, 2.05) is 47.2 Å². The number of halogens is 4. The number of piperazine rings is 2. The largest absolute Gasteiger partial charge is 0.501 e. The molecule has 4 fully saturated rings. The maximum Gasteiger partial charge on any atom is 0.501 e. The molecule has 11 rings (SSSR count). The molecule has 0 spiro atoms. The number of nitrogens with zero attached hydrogens (tertiary/aromatic N) is 6. The van der Waals surface area contributed by atoms with Gasteiger partial charge in [0.05, 0.1) is 28.3 Å². The third-order valence-corrected chi connectivity index (χ3v) is 21.4. The van der Waals surface area contributed by atoms with E-state index in [0.29, 0.717) is 56.8 Å². The predicted octanol–water partition coefficient (Wildman–Crippen LogP) is 8.91. The molecule has 25 heteroatoms. The second-order valence-electron chi connectivity index (χ2n) is 23.5. The Kier molecular flexibility index (Phi) is 17.3. The fraction of sp³-hybridized carbons (Fsp3) is 0.393. The fourth-order valence-electron chi connectivity index (χ4n) is 12.5. The topological polar surface area (TPSA) is 209 Å². The number of imide groups is 2. The number of rotatable bonds is 19. The van der Waals surface area contributed by atoms with Crippen molar-refractivity contribution in [2.24, 2.45) is 5.41 Å². The first-order valence-electron chi connectivity index (χ1n) is 28.5. The van der Waals surface area contributed by atoms with Gasteiger partial charge in [0.2, 0.25) is 5.91 Å². The number of urea groups is 1. The molecule has 0 unspecified atom stereocenters. The first-order valence-corrected chi connectivity index (χ1v) is 32.8. The van der Waals surface area contributed by atoms with Crippen molar-refractivity contribution in [2.75, 3.05) is 74.9 Å². The summed E-state index contributed by atoms with van der Waals surface area (Å²) in [4.78, 5) is 72.4. The number of alkyl halides is 3. The van der Waals surface area contributed by atoms with Crippen LogP contribution in [0.2, 0.25) is 5.02 Å². The third kappa shape index (κ3) is 13.1. The van der Waals surface area contributed by atoms with Gasteiger partial charge in [-0.15, -0.1) is 11.8 Å². The molecule has 86 heavy (non-hydrogen) atoms. The molecule has 6 amide bonds. The Bertz CT molecular complexity index is 3740. The lowest BCUT2D eigenvalue weighted by Gasteiger charge is -2.39. The van der Waals surface area contributed by atoms with Crippen LogP contribution < -0.4 is 20.3 Å². The van der Waals surface area contributed by atoms with Crippen LogP contribution in [0.25, 0.3) is 5.57 Å². The van der Waals surface area contributed by atoms with Crippen LogP contribution in [0.4, 0.5) is 29.3 Å². The number of nitrogens with one attached hydrogen (secondary N) is 3. The van der Waals surface area contributed by atoms with Gasteiger partial charge in [-0.25, -0.2) is 31.4 Å². The number of sulfone groups is 1. The second-order valence-corrected chi connectivity index (χ2v) is 28.7. The van der Waals surface area contributed by atoms with E-state index in [9.17, 15) is 54.0 Å². The van der Waals surface area contributed by atoms with Crippen molar-refractivity contribution < 1.29 is 54.0 Å². The molecule has 0 aromatic heterocycles. The van der Waals surface area contributed by atoms with Gasteiger partial charge in [0, 0.05) is 110 Å². The summed E-state index contributed by atoms with van der Waals surface area (Å²) in [5, 5.41) is 7.58. The van der Waals surface area contributed by atoms with Gasteiger partial charge >= 0.3 is 11.5 Å². The van der Waals surface area contributed by atoms with Crippen molar-refractivity contribution in [3.8, 4) is 0 Å². The summed E-state index contributed by atoms with van der Waals surface area (Å²) in [6.45, 7) is 10.6. The van der Waals surface area contributed by atoms with Gasteiger partial charge in [-0.1, -0.05) is 67.4 Å². The molecular weight excluding hydrogens is 1190 g/mol. The minimum Gasteiger partial charge on any atom is -0.380 e. The highest BCUT2D eigenvalue weighted by Crippen LogP contribution is 2.44. The highest BCUT2D eigenvalue weighted by Gasteiger charge is 2.49. The highest BCUT2D eigenvalue weighted by molar-refractivity contribution is 7.99. The van der Waals surface area contributed by atoms with E-state index in [2.05, 4.69) is 56.2 Å². The minimum absolute atomic E-state index is 0.0348. The summed E-state index contributed by atoms with van der Waals surface area (Å²) in [6.07, 6.45) is 4.19. The van der Waals surface area contributed by atoms with Crippen molar-refractivity contribution in [3.63, 3.8) is 0 Å². The van der Waals surface area contributed by atoms with E-state index in [-0.39, 0.29) is 52.9 Å². The molecule has 0 saturated carbocycles. The van der Waals surface area contributed by atoms with Gasteiger partial charge in [0.1, 0.15) is 4.90 Å². The zero-order chi connectivity index (χ0) is 60.9. The zero-order valence-corrected chi connectivity index (χ0v) is 50.5. The van der Waals surface area contributed by atoms with Crippen LogP contribution in [0.3, 0.4) is 0 Å². The molecule has 5 heterocycles. The number of hydrogen-bond acceptors (Lipinski definition) is 15. The maximum absolute atomic E-state index is 14.5. The summed E-state index contributed by atoms with van der Waals surface area (Å²) >= 11 is 7.62. The average molecular weight is 1260 g/mol. The van der Waals surface area contributed by atoms with Crippen LogP contribution in [-0.2, 0) is 31.2 Å². The van der Waals surface area contributed by atoms with E-state index < -0.39 is 76.5 Å². The molecule has 2 bridgehead atoms. The Morgan fingerprint density at radius 1 is 0.791 bits per heavy atom. The van der Waals surface area contributed by atoms with E-state index in [0.717, 1.165) is 83.6 Å². The van der Waals surface area contributed by atoms with Crippen molar-refractivity contribution in [1.82, 2.24) is 34.8 Å². The third-order valence-electron chi connectivity index (χ3n) is 17.1. The van der Waals surface area contributed by atoms with Crippen molar-refractivity contribution in [2.45, 2.75) is 97.2 Å². The number of thioether (sulfide) groups is 1. The number of sulfonamides is 1. The molecule has 3 N–H and O–H groups in total. The zero-order valence-electron chi connectivity index (χ0n) is 47.3. The van der Waals surface area contributed by atoms with Crippen molar-refractivity contribution in [1.29, 1.82) is 0 Å². The summed E-state index contributed by atoms with van der Waals surface area (Å²) in [5.74, 6) is -2.60. The van der Waals surface area contributed by atoms with Gasteiger partial charge in [-0.05, 0) is 133 Å². The Morgan fingerprint density at radius 3 is 2.17 bits per heavy atom. The molecule has 5 aliphatic heterocycles. The van der Waals surface area contributed by atoms with Gasteiger partial charge in [-0.2, -0.15) is 18.2 Å². The van der Waals surface area contributed by atoms with Crippen LogP contribution >= 0.6 is 23.4 Å². The lowest BCUT2D eigenvalue weighted by molar-refractivity contribution is -0.122. The molecule has 5 aromatic rings. The molecule has 3 atom stereocenters. The molecule has 1 aliphatic carbocycles. The SMILES string of the molecule is CC1(C)CCC(c2ccc(Cl)cc2)=C(CN2CCN(c3ccc(C(=O)NS(=O)(=O)c4ccc(N[C@H](CCN5C[C@H]6C[C@@H]5CN6Cc5ccc6c(c5)C(=O)N(N5CCC(=O)NC5=O)C6=O)CSc5ccccc5)c(S(=O)(=O)C(F)(F)F)c4)cc3)CC2)C1. The highest BCUT2D eigenvalue weighted by atomic mass is 35.5. The van der Waals surface area contributed by atoms with Crippen LogP contribution in [0, 0.1) is 5.41 Å². The first kappa shape index (κ1) is 60.9. The van der Waals surface area contributed by atoms with E-state index in [1.54, 1.807) is 30.3 Å². The van der Waals surface area contributed by atoms with Crippen LogP contribution in [-0.4, -0.2) is 160 Å². The standard InChI is InChI=1S/C61H65ClF3N9O9S3/c1-60(2)23-20-50(40-9-13-43(62)14-10-40)42(33-60)35-69-26-28-70(29-27-69)45-15-11-41(12-16-45)56(76)68-86(82,83)49-17-19-53(54(32-49)85(80,81)61(63,64)65)66-44(38-84-48-6-4-3-5-7-48)21-24-71-36-47-31-46(71)37-72(47)34-39-8-18-51-52(30-39)58(78)74(57(51)77)73-25-22-55(75)67-59(73)79/h3-19,30,32,44,46-47,66H,20-29,31,33-38H2,1-2H3,(H,68,76)(H,67,75,79)/t44-,46-,47-/m1/s1. The number of likely N-dealkylation sites (tertiary alicyclic amines) is 2. The van der Waals surface area contributed by atoms with Crippen LogP contribution in [0.1, 0.15) is 94.6 Å². The monoisotopic (exact) mass is 1260 g/mol. The van der Waals surface area contributed by atoms with Crippen LogP contribution in [0.5, 0.6) is 0 Å². The van der Waals surface area contributed by atoms with Gasteiger partial charge in [-0.3, -0.25) is 39.2 Å². The molecule has 454 valence electrons. The summed E-state index contributed by atoms with van der Waals surface area (Å²) in [7, 11) is -11.1. The van der Waals surface area contributed by atoms with E-state index in [1.165, 1.54) is 40.6 Å². The Balaban J connectivity index is 0.729. The summed E-state index contributed by atoms with van der Waals surface area (Å²) in [5.41, 5.74) is -0.203. The number of anilines is 2. The van der Waals surface area contributed by atoms with Crippen molar-refractivity contribution >= 4 is 89.8 Å². The smallest absolute Gasteiger partial charge is 0.380 e. The van der Waals surface area contributed by atoms with Gasteiger partial charge < -0.3 is 10.2 Å². The molecular formula is C61H65ClF3N9O9S3. The molecule has 0 radical (unpaired) electrons. The Labute approximate surface area is 507 Å². The first-order chi connectivity index (χ1) is 40.9. The molecule has 5 aromatic carbocycles. The quantitative estimate of drug-likeness (QED) is 0.0521. The lowest BCUT2D eigenvalue weighted by Crippen LogP contribution is -2.58. The normalized spacial score (nSPS) is 20.8. The lowest BCUT2D eigenvalue weighted by atomic mass is 9.73. The molecule has 4 saturated heterocycles. The molecule has 18 nitrogen and oxygen atoms in total. The predicted molar refractivity (Wildman–Crippen MR) is 321 cm³/mol. The van der Waals surface area contributed by atoms with Gasteiger partial charge in [0.25, 0.3) is 37.6 Å². The van der Waals surface area contributed by atoms with E-state index in [4.69, 9.17) is 11.6 Å². The number of amides is 6. The number of benzene rings is 5. The number of hydrazine groups is 1. The van der Waals surface area contributed by atoms with Crippen molar-refractivity contribution in [3.05, 3.63) is 154 Å². The van der Waals surface area contributed by atoms with Gasteiger partial charge in [0.15, 0.2) is 0 Å². The Morgan fingerprint density at radius 2 is 1.49 bits per heavy atom. The molecule has 6 aliphatic rings. The van der Waals surface area contributed by atoms with Crippen LogP contribution in [0.15, 0.2) is 136 Å². The fourth-order valence-corrected chi connectivity index (χ4v) is 15.7. The van der Waals surface area contributed by atoms with E-state index >= 15 is 0 Å². The maximum atomic E-state index is 14.5. The minimum atomic E-state index is -6.16. The summed E-state index contributed by atoms with van der Waals surface area (Å²) < 4.78 is 100. The number of hydrogen-bond donors (Lipinski definition) is 3. The number of carbonyl (C=O) groups excluding carboxylic acids is 5. The second kappa shape index (κ2) is 24.4. The average Bonchev–Trinajstić information content (AvgIpc) is 1.54. The number of fused-ring (bicyclic) bond motifs is 3.